The second-order valence-electron chi connectivity index (χ2n) is 3.43. The molecule has 0 aliphatic carbocycles. The minimum atomic E-state index is -0.282. The van der Waals surface area contributed by atoms with E-state index in [2.05, 4.69) is 50.3 Å². The van der Waals surface area contributed by atoms with Gasteiger partial charge >= 0.3 is 0 Å². The quantitative estimate of drug-likeness (QED) is 0.434. The Morgan fingerprint density at radius 1 is 1.50 bits per heavy atom. The van der Waals surface area contributed by atoms with Crippen LogP contribution in [-0.4, -0.2) is 18.9 Å². The van der Waals surface area contributed by atoms with E-state index in [-0.39, 0.29) is 15.4 Å². The van der Waals surface area contributed by atoms with Crippen LogP contribution in [-0.2, 0) is 4.43 Å². The highest BCUT2D eigenvalue weighted by Gasteiger charge is 2.12. The third kappa shape index (κ3) is 7.02. The van der Waals surface area contributed by atoms with Crippen LogP contribution >= 0.6 is 22.6 Å². The summed E-state index contributed by atoms with van der Waals surface area (Å²) in [6.07, 6.45) is 1.25. The van der Waals surface area contributed by atoms with Crippen molar-refractivity contribution in [2.24, 2.45) is 0 Å². The minimum Gasteiger partial charge on any atom is -0.418 e. The number of halogens is 1. The van der Waals surface area contributed by atoms with E-state index in [0.29, 0.717) is 0 Å². The Hall–Kier alpha value is 0.907. The van der Waals surface area contributed by atoms with Gasteiger partial charge < -0.3 is 4.43 Å². The number of hydrogen-bond acceptors (Lipinski definition) is 1. The summed E-state index contributed by atoms with van der Waals surface area (Å²) in [7, 11) is -0.282. The topological polar surface area (TPSA) is 9.23 Å². The van der Waals surface area contributed by atoms with Gasteiger partial charge in [-0.05, 0) is 27.2 Å². The summed E-state index contributed by atoms with van der Waals surface area (Å²) in [5, 5.41) is 0. The standard InChI is InChI=1S/C7H17IOSi/c1-5-6(8)10-9-7(2,3)4/h6H,5,10H2,1-4H3. The van der Waals surface area contributed by atoms with Crippen molar-refractivity contribution in [3.8, 4) is 0 Å². The van der Waals surface area contributed by atoms with Crippen LogP contribution in [0, 0.1) is 0 Å². The van der Waals surface area contributed by atoms with E-state index < -0.39 is 0 Å². The molecule has 0 aliphatic rings. The summed E-state index contributed by atoms with van der Waals surface area (Å²) in [5.74, 6) is 0. The third-order valence-electron chi connectivity index (χ3n) is 1.14. The summed E-state index contributed by atoms with van der Waals surface area (Å²) in [5.41, 5.74) is 0.0881. The first kappa shape index (κ1) is 10.9. The molecule has 0 aromatic rings. The van der Waals surface area contributed by atoms with Crippen LogP contribution in [0.3, 0.4) is 0 Å². The van der Waals surface area contributed by atoms with E-state index in [1.54, 1.807) is 0 Å². The first-order chi connectivity index (χ1) is 4.45. The van der Waals surface area contributed by atoms with Crippen LogP contribution in [0.1, 0.15) is 34.1 Å². The zero-order chi connectivity index (χ0) is 8.20. The molecule has 0 heterocycles. The molecular weight excluding hydrogens is 255 g/mol. The fourth-order valence-electron chi connectivity index (χ4n) is 0.458. The lowest BCUT2D eigenvalue weighted by molar-refractivity contribution is 0.138. The van der Waals surface area contributed by atoms with Crippen LogP contribution in [0.15, 0.2) is 0 Å². The van der Waals surface area contributed by atoms with Gasteiger partial charge in [-0.3, -0.25) is 0 Å². The van der Waals surface area contributed by atoms with Crippen molar-refractivity contribution < 1.29 is 4.43 Å². The summed E-state index contributed by atoms with van der Waals surface area (Å²) in [6, 6.07) is 0. The van der Waals surface area contributed by atoms with Gasteiger partial charge in [0.25, 0.3) is 0 Å². The monoisotopic (exact) mass is 272 g/mol. The number of hydrogen-bond donors (Lipinski definition) is 0. The average Bonchev–Trinajstić information content (AvgIpc) is 1.81. The number of rotatable bonds is 3. The van der Waals surface area contributed by atoms with Crippen LogP contribution < -0.4 is 0 Å². The molecule has 3 heteroatoms. The van der Waals surface area contributed by atoms with E-state index in [0.717, 1.165) is 3.55 Å². The second-order valence-corrected chi connectivity index (χ2v) is 8.46. The molecular formula is C7H17IOSi. The predicted octanol–water partition coefficient (Wildman–Crippen LogP) is 2.06. The summed E-state index contributed by atoms with van der Waals surface area (Å²) in [6.45, 7) is 8.59. The highest BCUT2D eigenvalue weighted by molar-refractivity contribution is 14.1. The molecule has 0 fully saturated rings. The van der Waals surface area contributed by atoms with Crippen molar-refractivity contribution in [2.75, 3.05) is 0 Å². The molecule has 0 spiro atoms. The van der Waals surface area contributed by atoms with E-state index in [1.807, 2.05) is 0 Å². The molecule has 0 amide bonds. The minimum absolute atomic E-state index is 0.0881. The van der Waals surface area contributed by atoms with Gasteiger partial charge in [-0.25, -0.2) is 0 Å². The van der Waals surface area contributed by atoms with Gasteiger partial charge in [0.1, 0.15) is 0 Å². The molecule has 62 valence electrons. The Morgan fingerprint density at radius 3 is 2.30 bits per heavy atom. The molecule has 10 heavy (non-hydrogen) atoms. The van der Waals surface area contributed by atoms with Crippen molar-refractivity contribution in [1.29, 1.82) is 0 Å². The molecule has 0 saturated carbocycles. The first-order valence-corrected chi connectivity index (χ1v) is 6.37. The summed E-state index contributed by atoms with van der Waals surface area (Å²) in [4.78, 5) is 0. The summed E-state index contributed by atoms with van der Waals surface area (Å²) >= 11 is 2.48. The van der Waals surface area contributed by atoms with Gasteiger partial charge in [0.15, 0.2) is 9.76 Å². The Bertz CT molecular complexity index is 90.1. The largest absolute Gasteiger partial charge is 0.418 e. The maximum Gasteiger partial charge on any atom is 0.174 e. The first-order valence-electron chi connectivity index (χ1n) is 3.73. The van der Waals surface area contributed by atoms with Crippen molar-refractivity contribution in [1.82, 2.24) is 0 Å². The van der Waals surface area contributed by atoms with E-state index in [9.17, 15) is 0 Å². The second kappa shape index (κ2) is 4.72. The molecule has 0 N–H and O–H groups in total. The molecule has 0 radical (unpaired) electrons. The predicted molar refractivity (Wildman–Crippen MR) is 57.5 cm³/mol. The van der Waals surface area contributed by atoms with Crippen LogP contribution in [0.2, 0.25) is 0 Å². The van der Waals surface area contributed by atoms with Crippen molar-refractivity contribution >= 4 is 32.4 Å². The maximum absolute atomic E-state index is 5.71. The molecule has 0 aliphatic heterocycles. The van der Waals surface area contributed by atoms with Crippen molar-refractivity contribution in [2.45, 2.75) is 43.3 Å². The molecule has 0 bridgehead atoms. The van der Waals surface area contributed by atoms with E-state index in [1.165, 1.54) is 6.42 Å². The average molecular weight is 272 g/mol. The molecule has 0 saturated heterocycles. The van der Waals surface area contributed by atoms with Crippen molar-refractivity contribution in [3.05, 3.63) is 0 Å². The Labute approximate surface area is 80.0 Å². The fourth-order valence-corrected chi connectivity index (χ4v) is 1.91. The number of alkyl halides is 1. The van der Waals surface area contributed by atoms with Gasteiger partial charge in [0, 0.05) is 9.15 Å². The lowest BCUT2D eigenvalue weighted by Gasteiger charge is -2.21. The molecule has 1 atom stereocenters. The van der Waals surface area contributed by atoms with Crippen LogP contribution in [0.4, 0.5) is 0 Å². The molecule has 1 unspecified atom stereocenters. The molecule has 0 rings (SSSR count). The summed E-state index contributed by atoms with van der Waals surface area (Å²) < 4.78 is 6.52. The zero-order valence-corrected chi connectivity index (χ0v) is 10.8. The normalized spacial score (nSPS) is 16.5. The highest BCUT2D eigenvalue weighted by atomic mass is 127. The van der Waals surface area contributed by atoms with Crippen LogP contribution in [0.25, 0.3) is 0 Å². The van der Waals surface area contributed by atoms with Gasteiger partial charge in [0.05, 0.1) is 0 Å². The molecule has 0 aromatic carbocycles. The van der Waals surface area contributed by atoms with E-state index in [4.69, 9.17) is 4.43 Å². The Balaban J connectivity index is 3.36. The Morgan fingerprint density at radius 2 is 2.00 bits per heavy atom. The lowest BCUT2D eigenvalue weighted by Crippen LogP contribution is -2.26. The van der Waals surface area contributed by atoms with Crippen molar-refractivity contribution in [3.63, 3.8) is 0 Å². The SMILES string of the molecule is CCC(I)[SiH2]OC(C)(C)C. The van der Waals surface area contributed by atoms with Gasteiger partial charge in [-0.2, -0.15) is 0 Å². The lowest BCUT2D eigenvalue weighted by atomic mass is 10.2. The van der Waals surface area contributed by atoms with Gasteiger partial charge in [0.2, 0.25) is 0 Å². The van der Waals surface area contributed by atoms with Gasteiger partial charge in [-0.1, -0.05) is 29.5 Å². The fraction of sp³-hybridized carbons (Fsp3) is 1.00. The molecule has 1 nitrogen and oxygen atoms in total. The zero-order valence-electron chi connectivity index (χ0n) is 7.28. The third-order valence-corrected chi connectivity index (χ3v) is 5.07. The highest BCUT2D eigenvalue weighted by Crippen LogP contribution is 2.10. The van der Waals surface area contributed by atoms with Crippen LogP contribution in [0.5, 0.6) is 0 Å². The molecule has 0 aromatic heterocycles. The Kier molecular flexibility index (Phi) is 5.15. The maximum atomic E-state index is 5.71. The van der Waals surface area contributed by atoms with Gasteiger partial charge in [-0.15, -0.1) is 0 Å². The smallest absolute Gasteiger partial charge is 0.174 e. The van der Waals surface area contributed by atoms with E-state index >= 15 is 0 Å².